The molecule has 0 saturated heterocycles. The van der Waals surface area contributed by atoms with Gasteiger partial charge in [-0.25, -0.2) is 4.79 Å². The van der Waals surface area contributed by atoms with Crippen LogP contribution in [0.3, 0.4) is 0 Å². The lowest BCUT2D eigenvalue weighted by molar-refractivity contribution is -0.145. The zero-order chi connectivity index (χ0) is 10.4. The van der Waals surface area contributed by atoms with Crippen molar-refractivity contribution in [3.05, 3.63) is 24.3 Å². The van der Waals surface area contributed by atoms with E-state index in [4.69, 9.17) is 17.3 Å². The third kappa shape index (κ3) is 3.52. The van der Waals surface area contributed by atoms with Crippen molar-refractivity contribution in [3.8, 4) is 5.75 Å². The Morgan fingerprint density at radius 2 is 2.29 bits per heavy atom. The molecule has 0 amide bonds. The Morgan fingerprint density at radius 3 is 2.93 bits per heavy atom. The standard InChI is InChI=1S/C10H11BO3/c1-2-13-10(12)7-14-9-5-3-4-8(11)6-9/h3-6H,2,7H2,1H3. The van der Waals surface area contributed by atoms with E-state index >= 15 is 0 Å². The monoisotopic (exact) mass is 190 g/mol. The summed E-state index contributed by atoms with van der Waals surface area (Å²) in [6.07, 6.45) is 0. The number of hydrogen-bond donors (Lipinski definition) is 0. The molecular weight excluding hydrogens is 179 g/mol. The van der Waals surface area contributed by atoms with Crippen molar-refractivity contribution < 1.29 is 14.3 Å². The number of carbonyl (C=O) groups is 1. The number of ether oxygens (including phenoxy) is 2. The van der Waals surface area contributed by atoms with E-state index in [1.54, 1.807) is 31.2 Å². The van der Waals surface area contributed by atoms with Gasteiger partial charge in [-0.2, -0.15) is 0 Å². The van der Waals surface area contributed by atoms with Gasteiger partial charge in [0.15, 0.2) is 6.61 Å². The molecule has 0 unspecified atom stereocenters. The summed E-state index contributed by atoms with van der Waals surface area (Å²) >= 11 is 0. The number of carbonyl (C=O) groups excluding carboxylic acids is 1. The number of benzene rings is 1. The first-order chi connectivity index (χ1) is 6.72. The number of rotatable bonds is 4. The van der Waals surface area contributed by atoms with Gasteiger partial charge in [-0.1, -0.05) is 17.6 Å². The van der Waals surface area contributed by atoms with Crippen molar-refractivity contribution in [2.24, 2.45) is 0 Å². The van der Waals surface area contributed by atoms with E-state index in [2.05, 4.69) is 0 Å². The van der Waals surface area contributed by atoms with Gasteiger partial charge in [-0.3, -0.25) is 0 Å². The maximum absolute atomic E-state index is 10.9. The fraction of sp³-hybridized carbons (Fsp3) is 0.300. The van der Waals surface area contributed by atoms with Gasteiger partial charge < -0.3 is 9.47 Å². The second-order valence-corrected chi connectivity index (χ2v) is 2.67. The smallest absolute Gasteiger partial charge is 0.344 e. The Bertz CT molecular complexity index is 312. The molecule has 3 nitrogen and oxygen atoms in total. The molecule has 0 saturated carbocycles. The Hall–Kier alpha value is -1.45. The van der Waals surface area contributed by atoms with Gasteiger partial charge in [-0.15, -0.1) is 0 Å². The van der Waals surface area contributed by atoms with Crippen LogP contribution in [0, 0.1) is 0 Å². The SMILES string of the molecule is [B]c1cccc(OCC(=O)OCC)c1. The van der Waals surface area contributed by atoms with Crippen LogP contribution < -0.4 is 10.2 Å². The molecule has 4 heteroatoms. The minimum Gasteiger partial charge on any atom is -0.482 e. The summed E-state index contributed by atoms with van der Waals surface area (Å²) in [5, 5.41) is 0. The highest BCUT2D eigenvalue weighted by Gasteiger charge is 2.02. The van der Waals surface area contributed by atoms with E-state index in [0.717, 1.165) is 0 Å². The summed E-state index contributed by atoms with van der Waals surface area (Å²) in [6.45, 7) is 2.02. The first kappa shape index (κ1) is 10.6. The largest absolute Gasteiger partial charge is 0.482 e. The average molecular weight is 190 g/mol. The van der Waals surface area contributed by atoms with Crippen molar-refractivity contribution >= 4 is 19.3 Å². The highest BCUT2D eigenvalue weighted by atomic mass is 16.6. The first-order valence-electron chi connectivity index (χ1n) is 4.36. The van der Waals surface area contributed by atoms with Crippen molar-refractivity contribution in [3.63, 3.8) is 0 Å². The molecule has 1 aromatic rings. The molecule has 2 radical (unpaired) electrons. The molecule has 72 valence electrons. The van der Waals surface area contributed by atoms with E-state index in [9.17, 15) is 4.79 Å². The van der Waals surface area contributed by atoms with E-state index in [0.29, 0.717) is 17.8 Å². The predicted molar refractivity (Wildman–Crippen MR) is 54.0 cm³/mol. The normalized spacial score (nSPS) is 9.50. The zero-order valence-corrected chi connectivity index (χ0v) is 8.03. The molecule has 0 aliphatic carbocycles. The number of esters is 1. The first-order valence-corrected chi connectivity index (χ1v) is 4.36. The highest BCUT2D eigenvalue weighted by molar-refractivity contribution is 6.32. The molecule has 0 spiro atoms. The van der Waals surface area contributed by atoms with Gasteiger partial charge >= 0.3 is 5.97 Å². The molecule has 0 atom stereocenters. The summed E-state index contributed by atoms with van der Waals surface area (Å²) in [5.74, 6) is 0.188. The summed E-state index contributed by atoms with van der Waals surface area (Å²) in [7, 11) is 5.53. The quantitative estimate of drug-likeness (QED) is 0.509. The van der Waals surface area contributed by atoms with Crippen LogP contribution in [0.25, 0.3) is 0 Å². The van der Waals surface area contributed by atoms with Crippen molar-refractivity contribution in [1.29, 1.82) is 0 Å². The van der Waals surface area contributed by atoms with Crippen LogP contribution in [0.2, 0.25) is 0 Å². The molecular formula is C10H11BO3. The molecule has 0 aromatic heterocycles. The Balaban J connectivity index is 2.41. The van der Waals surface area contributed by atoms with Crippen LogP contribution in [-0.4, -0.2) is 27.0 Å². The Morgan fingerprint density at radius 1 is 1.50 bits per heavy atom. The van der Waals surface area contributed by atoms with Crippen molar-refractivity contribution in [1.82, 2.24) is 0 Å². The van der Waals surface area contributed by atoms with Gasteiger partial charge in [-0.05, 0) is 19.1 Å². The fourth-order valence-corrected chi connectivity index (χ4v) is 0.949. The molecule has 14 heavy (non-hydrogen) atoms. The van der Waals surface area contributed by atoms with Crippen molar-refractivity contribution in [2.75, 3.05) is 13.2 Å². The second-order valence-electron chi connectivity index (χ2n) is 2.67. The average Bonchev–Trinajstić information content (AvgIpc) is 2.15. The highest BCUT2D eigenvalue weighted by Crippen LogP contribution is 2.06. The molecule has 0 fully saturated rings. The van der Waals surface area contributed by atoms with Crippen LogP contribution in [-0.2, 0) is 9.53 Å². The summed E-state index contributed by atoms with van der Waals surface area (Å²) < 4.78 is 9.85. The van der Waals surface area contributed by atoms with Gasteiger partial charge in [0.2, 0.25) is 0 Å². The Kier molecular flexibility index (Phi) is 4.04. The van der Waals surface area contributed by atoms with Gasteiger partial charge in [0, 0.05) is 0 Å². The maximum atomic E-state index is 10.9. The van der Waals surface area contributed by atoms with Crippen LogP contribution in [0.15, 0.2) is 24.3 Å². The van der Waals surface area contributed by atoms with Crippen LogP contribution in [0.1, 0.15) is 6.92 Å². The fourth-order valence-electron chi connectivity index (χ4n) is 0.949. The molecule has 0 heterocycles. The van der Waals surface area contributed by atoms with Gasteiger partial charge in [0.05, 0.1) is 6.61 Å². The Labute approximate surface area is 84.4 Å². The third-order valence-corrected chi connectivity index (χ3v) is 1.52. The van der Waals surface area contributed by atoms with Crippen molar-refractivity contribution in [2.45, 2.75) is 6.92 Å². The van der Waals surface area contributed by atoms with E-state index in [1.165, 1.54) is 0 Å². The zero-order valence-electron chi connectivity index (χ0n) is 8.03. The third-order valence-electron chi connectivity index (χ3n) is 1.52. The van der Waals surface area contributed by atoms with Gasteiger partial charge in [0.25, 0.3) is 0 Å². The van der Waals surface area contributed by atoms with E-state index in [1.807, 2.05) is 0 Å². The van der Waals surface area contributed by atoms with E-state index in [-0.39, 0.29) is 12.6 Å². The number of hydrogen-bond acceptors (Lipinski definition) is 3. The molecule has 1 rings (SSSR count). The molecule has 0 aliphatic rings. The molecule has 0 bridgehead atoms. The predicted octanol–water partition coefficient (Wildman–Crippen LogP) is 0.422. The van der Waals surface area contributed by atoms with E-state index < -0.39 is 0 Å². The van der Waals surface area contributed by atoms with Crippen LogP contribution >= 0.6 is 0 Å². The lowest BCUT2D eigenvalue weighted by Gasteiger charge is -2.05. The molecule has 0 N–H and O–H groups in total. The summed E-state index contributed by atoms with van der Waals surface area (Å²) in [5.41, 5.74) is 0.603. The minimum atomic E-state index is -0.380. The minimum absolute atomic E-state index is 0.0860. The lowest BCUT2D eigenvalue weighted by Crippen LogP contribution is -2.15. The lowest BCUT2D eigenvalue weighted by atomic mass is 9.96. The topological polar surface area (TPSA) is 35.5 Å². The van der Waals surface area contributed by atoms with Crippen LogP contribution in [0.4, 0.5) is 0 Å². The van der Waals surface area contributed by atoms with Gasteiger partial charge in [0.1, 0.15) is 13.6 Å². The molecule has 0 aliphatic heterocycles. The van der Waals surface area contributed by atoms with Crippen LogP contribution in [0.5, 0.6) is 5.75 Å². The summed E-state index contributed by atoms with van der Waals surface area (Å²) in [4.78, 5) is 10.9. The maximum Gasteiger partial charge on any atom is 0.344 e. The summed E-state index contributed by atoms with van der Waals surface area (Å²) in [6, 6.07) is 6.89. The second kappa shape index (κ2) is 5.32. The molecule has 1 aromatic carbocycles.